The van der Waals surface area contributed by atoms with E-state index in [1.165, 1.54) is 12.1 Å². The number of benzene rings is 3. The van der Waals surface area contributed by atoms with Gasteiger partial charge < -0.3 is 0 Å². The average Bonchev–Trinajstić information content (AvgIpc) is 3.20. The monoisotopic (exact) mass is 455 g/mol. The summed E-state index contributed by atoms with van der Waals surface area (Å²) in [6.45, 7) is 1.70. The van der Waals surface area contributed by atoms with Crippen molar-refractivity contribution >= 4 is 33.0 Å². The molecule has 3 aromatic carbocycles. The highest BCUT2D eigenvalue weighted by Gasteiger charge is 2.40. The minimum atomic E-state index is -4.06. The Hall–Kier alpha value is -3.23. The van der Waals surface area contributed by atoms with Crippen molar-refractivity contribution in [3.8, 4) is 0 Å². The molecule has 1 heterocycles. The molecule has 0 radical (unpaired) electrons. The van der Waals surface area contributed by atoms with E-state index in [0.717, 1.165) is 4.41 Å². The second-order valence-corrected chi connectivity index (χ2v) is 9.33. The van der Waals surface area contributed by atoms with Gasteiger partial charge in [-0.1, -0.05) is 54.1 Å². The third-order valence-corrected chi connectivity index (χ3v) is 7.25. The summed E-state index contributed by atoms with van der Waals surface area (Å²) < 4.78 is 28.2. The van der Waals surface area contributed by atoms with Crippen LogP contribution in [0.4, 0.5) is 5.69 Å². The van der Waals surface area contributed by atoms with Gasteiger partial charge in [0.15, 0.2) is 0 Å². The van der Waals surface area contributed by atoms with Crippen LogP contribution in [0.25, 0.3) is 0 Å². The minimum absolute atomic E-state index is 0.111. The Morgan fingerprint density at radius 3 is 2.35 bits per heavy atom. The molecule has 0 bridgehead atoms. The van der Waals surface area contributed by atoms with Crippen molar-refractivity contribution in [2.45, 2.75) is 24.3 Å². The first kappa shape index (κ1) is 21.0. The third kappa shape index (κ3) is 3.92. The van der Waals surface area contributed by atoms with E-state index in [4.69, 9.17) is 11.6 Å². The van der Waals surface area contributed by atoms with Gasteiger partial charge in [0.05, 0.1) is 21.1 Å². The number of sulfonamides is 1. The van der Waals surface area contributed by atoms with Crippen LogP contribution in [0.3, 0.4) is 0 Å². The molecule has 0 aromatic heterocycles. The lowest BCUT2D eigenvalue weighted by Gasteiger charge is -2.24. The van der Waals surface area contributed by atoms with Gasteiger partial charge in [0.2, 0.25) is 0 Å². The van der Waals surface area contributed by atoms with Crippen LogP contribution in [-0.2, 0) is 10.0 Å². The maximum atomic E-state index is 13.6. The number of hydrogen-bond donors (Lipinski definition) is 0. The zero-order chi connectivity index (χ0) is 22.2. The van der Waals surface area contributed by atoms with Gasteiger partial charge in [0, 0.05) is 17.5 Å². The van der Waals surface area contributed by atoms with Gasteiger partial charge in [-0.3, -0.25) is 10.1 Å². The van der Waals surface area contributed by atoms with Gasteiger partial charge in [-0.05, 0) is 42.3 Å². The van der Waals surface area contributed by atoms with Gasteiger partial charge >= 0.3 is 0 Å². The predicted molar refractivity (Wildman–Crippen MR) is 119 cm³/mol. The summed E-state index contributed by atoms with van der Waals surface area (Å²) in [7, 11) is -4.06. The van der Waals surface area contributed by atoms with Crippen LogP contribution >= 0.6 is 11.6 Å². The van der Waals surface area contributed by atoms with Crippen LogP contribution in [0.15, 0.2) is 82.8 Å². The molecule has 1 aliphatic heterocycles. The standard InChI is InChI=1S/C22H18ClN3O4S/c1-15-6-2-5-9-22(15)31(29,30)25-21(18-7-3-4-8-20(18)26(27)28)14-19(24-25)16-10-12-17(23)13-11-16/h2-13,21H,14H2,1H3/t21-/m1/s1. The molecule has 7 nitrogen and oxygen atoms in total. The zero-order valence-corrected chi connectivity index (χ0v) is 18.0. The van der Waals surface area contributed by atoms with Crippen molar-refractivity contribution < 1.29 is 13.3 Å². The fourth-order valence-corrected chi connectivity index (χ4v) is 5.42. The van der Waals surface area contributed by atoms with Crippen molar-refractivity contribution in [1.82, 2.24) is 4.41 Å². The number of nitro groups is 1. The van der Waals surface area contributed by atoms with Gasteiger partial charge in [-0.15, -0.1) is 0 Å². The lowest BCUT2D eigenvalue weighted by atomic mass is 9.98. The fraction of sp³-hybridized carbons (Fsp3) is 0.136. The van der Waals surface area contributed by atoms with E-state index in [2.05, 4.69) is 5.10 Å². The summed E-state index contributed by atoms with van der Waals surface area (Å²) in [6, 6.07) is 18.8. The summed E-state index contributed by atoms with van der Waals surface area (Å²) in [4.78, 5) is 11.2. The number of hydrogen-bond acceptors (Lipinski definition) is 5. The van der Waals surface area contributed by atoms with Gasteiger partial charge in [0.25, 0.3) is 15.7 Å². The molecule has 0 amide bonds. The number of hydrazone groups is 1. The fourth-order valence-electron chi connectivity index (χ4n) is 3.64. The Balaban J connectivity index is 1.88. The van der Waals surface area contributed by atoms with E-state index in [1.54, 1.807) is 67.6 Å². The third-order valence-electron chi connectivity index (χ3n) is 5.16. The maximum absolute atomic E-state index is 13.6. The van der Waals surface area contributed by atoms with Crippen molar-refractivity contribution in [3.05, 3.63) is 105 Å². The maximum Gasteiger partial charge on any atom is 0.279 e. The SMILES string of the molecule is Cc1ccccc1S(=O)(=O)N1N=C(c2ccc(Cl)cc2)C[C@@H]1c1ccccc1[N+](=O)[O-]. The molecular weight excluding hydrogens is 438 g/mol. The first-order valence-electron chi connectivity index (χ1n) is 9.46. The largest absolute Gasteiger partial charge is 0.279 e. The normalized spacial score (nSPS) is 16.3. The second kappa shape index (κ2) is 8.13. The molecule has 3 aromatic rings. The van der Waals surface area contributed by atoms with Crippen molar-refractivity contribution in [1.29, 1.82) is 0 Å². The van der Waals surface area contributed by atoms with Crippen LogP contribution < -0.4 is 0 Å². The highest BCUT2D eigenvalue weighted by Crippen LogP contribution is 2.40. The van der Waals surface area contributed by atoms with Gasteiger partial charge in [-0.25, -0.2) is 0 Å². The van der Waals surface area contributed by atoms with E-state index in [-0.39, 0.29) is 22.6 Å². The first-order valence-corrected chi connectivity index (χ1v) is 11.3. The molecule has 31 heavy (non-hydrogen) atoms. The molecule has 4 rings (SSSR count). The number of para-hydroxylation sites is 1. The average molecular weight is 456 g/mol. The van der Waals surface area contributed by atoms with Crippen LogP contribution in [0.2, 0.25) is 5.02 Å². The highest BCUT2D eigenvalue weighted by atomic mass is 35.5. The molecule has 0 fully saturated rings. The molecule has 0 N–H and O–H groups in total. The summed E-state index contributed by atoms with van der Waals surface area (Å²) in [5, 5.41) is 16.6. The van der Waals surface area contributed by atoms with Crippen molar-refractivity contribution in [2.24, 2.45) is 5.10 Å². The summed E-state index contributed by atoms with van der Waals surface area (Å²) >= 11 is 5.98. The molecule has 0 aliphatic carbocycles. The summed E-state index contributed by atoms with van der Waals surface area (Å²) in [5.41, 5.74) is 1.92. The van der Waals surface area contributed by atoms with E-state index in [9.17, 15) is 18.5 Å². The number of rotatable bonds is 5. The second-order valence-electron chi connectivity index (χ2n) is 7.13. The lowest BCUT2D eigenvalue weighted by Crippen LogP contribution is -2.28. The predicted octanol–water partition coefficient (Wildman–Crippen LogP) is 5.10. The van der Waals surface area contributed by atoms with E-state index >= 15 is 0 Å². The summed E-state index contributed by atoms with van der Waals surface area (Å²) in [5.74, 6) is 0. The minimum Gasteiger partial charge on any atom is -0.258 e. The Morgan fingerprint density at radius 2 is 1.68 bits per heavy atom. The smallest absolute Gasteiger partial charge is 0.258 e. The number of nitro benzene ring substituents is 1. The Bertz CT molecular complexity index is 1290. The molecule has 0 saturated heterocycles. The van der Waals surface area contributed by atoms with Crippen LogP contribution in [0, 0.1) is 17.0 Å². The number of aryl methyl sites for hydroxylation is 1. The molecule has 9 heteroatoms. The zero-order valence-electron chi connectivity index (χ0n) is 16.5. The summed E-state index contributed by atoms with van der Waals surface area (Å²) in [6.07, 6.45) is 0.192. The highest BCUT2D eigenvalue weighted by molar-refractivity contribution is 7.89. The van der Waals surface area contributed by atoms with Crippen LogP contribution in [0.5, 0.6) is 0 Å². The molecule has 0 saturated carbocycles. The molecule has 158 valence electrons. The van der Waals surface area contributed by atoms with E-state index < -0.39 is 21.0 Å². The molecule has 1 atom stereocenters. The number of nitrogens with zero attached hydrogens (tertiary/aromatic N) is 3. The van der Waals surface area contributed by atoms with Crippen molar-refractivity contribution in [2.75, 3.05) is 0 Å². The molecule has 0 unspecified atom stereocenters. The number of halogens is 1. The van der Waals surface area contributed by atoms with Gasteiger partial charge in [0.1, 0.15) is 6.04 Å². The quantitative estimate of drug-likeness (QED) is 0.395. The molecular formula is C22H18ClN3O4S. The van der Waals surface area contributed by atoms with Crippen molar-refractivity contribution in [3.63, 3.8) is 0 Å². The first-order chi connectivity index (χ1) is 14.8. The van der Waals surface area contributed by atoms with E-state index in [0.29, 0.717) is 21.9 Å². The lowest BCUT2D eigenvalue weighted by molar-refractivity contribution is -0.385. The topological polar surface area (TPSA) is 92.9 Å². The van der Waals surface area contributed by atoms with Crippen LogP contribution in [-0.4, -0.2) is 23.5 Å². The van der Waals surface area contributed by atoms with Gasteiger partial charge in [-0.2, -0.15) is 17.9 Å². The molecule has 1 aliphatic rings. The Kier molecular flexibility index (Phi) is 5.51. The van der Waals surface area contributed by atoms with Crippen LogP contribution in [0.1, 0.15) is 29.2 Å². The van der Waals surface area contributed by atoms with E-state index in [1.807, 2.05) is 0 Å². The Morgan fingerprint density at radius 1 is 1.03 bits per heavy atom. The Labute approximate surface area is 184 Å². The molecule has 0 spiro atoms.